The van der Waals surface area contributed by atoms with Gasteiger partial charge in [-0.25, -0.2) is 9.59 Å². The van der Waals surface area contributed by atoms with Gasteiger partial charge in [-0.2, -0.15) is 0 Å². The minimum absolute atomic E-state index is 0.0857. The SMILES string of the molecule is CC(C)(C)OC(=O)NC1CC=C(C2=CCN(C(=O)OCc3ccccc3)C2)CC1. The summed E-state index contributed by atoms with van der Waals surface area (Å²) in [6.45, 7) is 6.99. The van der Waals surface area contributed by atoms with E-state index >= 15 is 0 Å². The lowest BCUT2D eigenvalue weighted by Gasteiger charge is -2.26. The number of ether oxygens (including phenoxy) is 2. The van der Waals surface area contributed by atoms with Crippen LogP contribution in [0.1, 0.15) is 45.6 Å². The Kier molecular flexibility index (Phi) is 6.62. The Labute approximate surface area is 172 Å². The van der Waals surface area contributed by atoms with Gasteiger partial charge in [0.2, 0.25) is 0 Å². The van der Waals surface area contributed by atoms with Crippen molar-refractivity contribution in [2.45, 2.75) is 58.3 Å². The number of benzene rings is 1. The lowest BCUT2D eigenvalue weighted by molar-refractivity contribution is 0.0501. The predicted molar refractivity (Wildman–Crippen MR) is 111 cm³/mol. The van der Waals surface area contributed by atoms with Crippen LogP contribution in [0.3, 0.4) is 0 Å². The van der Waals surface area contributed by atoms with Crippen LogP contribution in [-0.4, -0.2) is 41.8 Å². The molecule has 1 heterocycles. The summed E-state index contributed by atoms with van der Waals surface area (Å²) in [4.78, 5) is 26.0. The van der Waals surface area contributed by atoms with Gasteiger partial charge in [-0.05, 0) is 56.7 Å². The molecule has 29 heavy (non-hydrogen) atoms. The quantitative estimate of drug-likeness (QED) is 0.807. The molecule has 6 heteroatoms. The molecular weight excluding hydrogens is 368 g/mol. The van der Waals surface area contributed by atoms with Crippen molar-refractivity contribution in [1.82, 2.24) is 10.2 Å². The molecule has 2 aliphatic rings. The third kappa shape index (κ3) is 6.38. The summed E-state index contributed by atoms with van der Waals surface area (Å²) in [6.07, 6.45) is 6.10. The second-order valence-corrected chi connectivity index (χ2v) is 8.50. The van der Waals surface area contributed by atoms with Gasteiger partial charge in [0.25, 0.3) is 0 Å². The van der Waals surface area contributed by atoms with E-state index in [0.717, 1.165) is 24.8 Å². The first kappa shape index (κ1) is 21.0. The summed E-state index contributed by atoms with van der Waals surface area (Å²) in [5.74, 6) is 0. The van der Waals surface area contributed by atoms with E-state index < -0.39 is 5.60 Å². The van der Waals surface area contributed by atoms with Gasteiger partial charge in [0.15, 0.2) is 0 Å². The highest BCUT2D eigenvalue weighted by molar-refractivity contribution is 5.70. The number of amides is 2. The van der Waals surface area contributed by atoms with Crippen LogP contribution in [0.4, 0.5) is 9.59 Å². The summed E-state index contributed by atoms with van der Waals surface area (Å²) >= 11 is 0. The molecule has 156 valence electrons. The molecule has 2 amide bonds. The number of alkyl carbamates (subject to hydrolysis) is 1. The van der Waals surface area contributed by atoms with Gasteiger partial charge in [-0.3, -0.25) is 0 Å². The normalized spacial score (nSPS) is 19.3. The highest BCUT2D eigenvalue weighted by Gasteiger charge is 2.26. The summed E-state index contributed by atoms with van der Waals surface area (Å²) in [5, 5.41) is 2.94. The molecule has 0 radical (unpaired) electrons. The van der Waals surface area contributed by atoms with Gasteiger partial charge in [-0.15, -0.1) is 0 Å². The zero-order valence-corrected chi connectivity index (χ0v) is 17.4. The summed E-state index contributed by atoms with van der Waals surface area (Å²) in [6, 6.07) is 9.76. The standard InChI is InChI=1S/C23H30N2O4/c1-23(2,3)29-21(26)24-20-11-9-18(10-12-20)19-13-14-25(15-19)22(27)28-16-17-7-5-4-6-8-17/h4-9,13,20H,10-12,14-16H2,1-3H3,(H,24,26). The minimum Gasteiger partial charge on any atom is -0.445 e. The van der Waals surface area contributed by atoms with E-state index in [1.54, 1.807) is 4.90 Å². The second kappa shape index (κ2) is 9.16. The lowest BCUT2D eigenvalue weighted by atomic mass is 9.91. The van der Waals surface area contributed by atoms with E-state index in [4.69, 9.17) is 9.47 Å². The second-order valence-electron chi connectivity index (χ2n) is 8.50. The molecule has 1 aliphatic carbocycles. The zero-order valence-electron chi connectivity index (χ0n) is 17.4. The molecule has 6 nitrogen and oxygen atoms in total. The Bertz CT molecular complexity index is 793. The number of carbonyl (C=O) groups is 2. The Morgan fingerprint density at radius 2 is 1.90 bits per heavy atom. The number of rotatable bonds is 4. The van der Waals surface area contributed by atoms with E-state index in [9.17, 15) is 9.59 Å². The van der Waals surface area contributed by atoms with E-state index in [1.165, 1.54) is 11.1 Å². The number of nitrogens with zero attached hydrogens (tertiary/aromatic N) is 1. The fraction of sp³-hybridized carbons (Fsp3) is 0.478. The van der Waals surface area contributed by atoms with Gasteiger partial charge in [-0.1, -0.05) is 42.5 Å². The molecule has 0 saturated heterocycles. The maximum absolute atomic E-state index is 12.3. The van der Waals surface area contributed by atoms with E-state index in [2.05, 4.69) is 17.5 Å². The molecule has 0 spiro atoms. The largest absolute Gasteiger partial charge is 0.445 e. The van der Waals surface area contributed by atoms with Gasteiger partial charge in [0.05, 0.1) is 0 Å². The first-order chi connectivity index (χ1) is 13.8. The molecular formula is C23H30N2O4. The highest BCUT2D eigenvalue weighted by atomic mass is 16.6. The van der Waals surface area contributed by atoms with Gasteiger partial charge >= 0.3 is 12.2 Å². The average Bonchev–Trinajstić information content (AvgIpc) is 3.16. The van der Waals surface area contributed by atoms with Crippen molar-refractivity contribution in [1.29, 1.82) is 0 Å². The molecule has 0 aromatic heterocycles. The van der Waals surface area contributed by atoms with Crippen molar-refractivity contribution in [3.63, 3.8) is 0 Å². The van der Waals surface area contributed by atoms with Crippen molar-refractivity contribution < 1.29 is 19.1 Å². The molecule has 1 aliphatic heterocycles. The first-order valence-electron chi connectivity index (χ1n) is 10.1. The molecule has 0 saturated carbocycles. The van der Waals surface area contributed by atoms with Crippen LogP contribution in [0.2, 0.25) is 0 Å². The molecule has 1 atom stereocenters. The predicted octanol–water partition coefficient (Wildman–Crippen LogP) is 4.57. The molecule has 0 fully saturated rings. The molecule has 1 aromatic rings. The van der Waals surface area contributed by atoms with Gasteiger partial charge in [0, 0.05) is 19.1 Å². The Morgan fingerprint density at radius 3 is 2.55 bits per heavy atom. The third-order valence-electron chi connectivity index (χ3n) is 4.93. The van der Waals surface area contributed by atoms with Crippen LogP contribution in [0, 0.1) is 0 Å². The zero-order chi connectivity index (χ0) is 20.9. The van der Waals surface area contributed by atoms with Crippen LogP contribution in [-0.2, 0) is 16.1 Å². The van der Waals surface area contributed by atoms with Crippen molar-refractivity contribution in [2.75, 3.05) is 13.1 Å². The van der Waals surface area contributed by atoms with E-state index in [1.807, 2.05) is 51.1 Å². The fourth-order valence-corrected chi connectivity index (χ4v) is 3.47. The van der Waals surface area contributed by atoms with Gasteiger partial charge in [0.1, 0.15) is 12.2 Å². The number of nitrogens with one attached hydrogen (secondary N) is 1. The number of carbonyl (C=O) groups excluding carboxylic acids is 2. The minimum atomic E-state index is -0.493. The molecule has 1 unspecified atom stereocenters. The number of hydrogen-bond acceptors (Lipinski definition) is 4. The Morgan fingerprint density at radius 1 is 1.14 bits per heavy atom. The highest BCUT2D eigenvalue weighted by Crippen LogP contribution is 2.28. The van der Waals surface area contributed by atoms with Crippen LogP contribution >= 0.6 is 0 Å². The van der Waals surface area contributed by atoms with Crippen molar-refractivity contribution in [3.05, 3.63) is 59.2 Å². The van der Waals surface area contributed by atoms with Crippen LogP contribution in [0.25, 0.3) is 0 Å². The molecule has 3 rings (SSSR count). The first-order valence-corrected chi connectivity index (χ1v) is 10.1. The van der Waals surface area contributed by atoms with Crippen molar-refractivity contribution in [3.8, 4) is 0 Å². The Balaban J connectivity index is 1.44. The summed E-state index contributed by atoms with van der Waals surface area (Å²) < 4.78 is 10.7. The van der Waals surface area contributed by atoms with Crippen molar-refractivity contribution in [2.24, 2.45) is 0 Å². The van der Waals surface area contributed by atoms with Crippen LogP contribution < -0.4 is 5.32 Å². The number of hydrogen-bond donors (Lipinski definition) is 1. The maximum Gasteiger partial charge on any atom is 0.410 e. The van der Waals surface area contributed by atoms with Gasteiger partial charge < -0.3 is 19.7 Å². The molecule has 1 aromatic carbocycles. The average molecular weight is 399 g/mol. The fourth-order valence-electron chi connectivity index (χ4n) is 3.47. The summed E-state index contributed by atoms with van der Waals surface area (Å²) in [5.41, 5.74) is 2.92. The maximum atomic E-state index is 12.3. The molecule has 1 N–H and O–H groups in total. The molecule has 0 bridgehead atoms. The van der Waals surface area contributed by atoms with E-state index in [0.29, 0.717) is 13.1 Å². The third-order valence-corrected chi connectivity index (χ3v) is 4.93. The van der Waals surface area contributed by atoms with Crippen molar-refractivity contribution >= 4 is 12.2 Å². The van der Waals surface area contributed by atoms with Crippen LogP contribution in [0.15, 0.2) is 53.6 Å². The Hall–Kier alpha value is -2.76. The smallest absolute Gasteiger partial charge is 0.410 e. The lowest BCUT2D eigenvalue weighted by Crippen LogP contribution is -2.39. The summed E-state index contributed by atoms with van der Waals surface area (Å²) in [7, 11) is 0. The van der Waals surface area contributed by atoms with E-state index in [-0.39, 0.29) is 24.8 Å². The topological polar surface area (TPSA) is 67.9 Å². The van der Waals surface area contributed by atoms with Crippen LogP contribution in [0.5, 0.6) is 0 Å². The monoisotopic (exact) mass is 398 g/mol.